The van der Waals surface area contributed by atoms with Crippen molar-refractivity contribution in [3.63, 3.8) is 0 Å². The Balaban J connectivity index is 1.36. The number of nitrogens with one attached hydrogen (secondary N) is 1. The lowest BCUT2D eigenvalue weighted by atomic mass is 9.95. The molecule has 1 aliphatic rings. The van der Waals surface area contributed by atoms with Crippen molar-refractivity contribution in [2.75, 3.05) is 7.11 Å². The van der Waals surface area contributed by atoms with E-state index in [0.29, 0.717) is 11.5 Å². The fourth-order valence-corrected chi connectivity index (χ4v) is 3.84. The normalized spacial score (nSPS) is 15.4. The van der Waals surface area contributed by atoms with Crippen LogP contribution in [0, 0.1) is 0 Å². The predicted molar refractivity (Wildman–Crippen MR) is 117 cm³/mol. The van der Waals surface area contributed by atoms with Gasteiger partial charge in [0.05, 0.1) is 24.3 Å². The summed E-state index contributed by atoms with van der Waals surface area (Å²) in [5, 5.41) is 7.62. The maximum absolute atomic E-state index is 13.0. The summed E-state index contributed by atoms with van der Waals surface area (Å²) in [6.45, 7) is 1.91. The number of nitrogens with zero attached hydrogens (tertiary/aromatic N) is 4. The lowest BCUT2D eigenvalue weighted by Crippen LogP contribution is -2.36. The van der Waals surface area contributed by atoms with Crippen LogP contribution in [0.2, 0.25) is 0 Å². The molecule has 31 heavy (non-hydrogen) atoms. The first-order chi connectivity index (χ1) is 15.1. The number of methoxy groups -OCH3 is 1. The van der Waals surface area contributed by atoms with Crippen molar-refractivity contribution < 1.29 is 9.53 Å². The zero-order valence-electron chi connectivity index (χ0n) is 17.4. The molecule has 1 amide bonds. The first-order valence-corrected chi connectivity index (χ1v) is 10.3. The molecule has 7 nitrogen and oxygen atoms in total. The van der Waals surface area contributed by atoms with Gasteiger partial charge in [-0.05, 0) is 49.6 Å². The molecule has 0 bridgehead atoms. The number of benzene rings is 2. The molecule has 7 heteroatoms. The molecule has 1 N–H and O–H groups in total. The van der Waals surface area contributed by atoms with Gasteiger partial charge < -0.3 is 10.1 Å². The first-order valence-electron chi connectivity index (χ1n) is 10.3. The summed E-state index contributed by atoms with van der Waals surface area (Å²) in [5.41, 5.74) is 3.09. The van der Waals surface area contributed by atoms with Crippen molar-refractivity contribution in [2.24, 2.45) is 0 Å². The Morgan fingerprint density at radius 1 is 1.13 bits per heavy atom. The van der Waals surface area contributed by atoms with E-state index in [4.69, 9.17) is 4.74 Å². The number of fused-ring (bicyclic) bond motifs is 1. The van der Waals surface area contributed by atoms with Crippen LogP contribution in [0.3, 0.4) is 0 Å². The number of carbonyl (C=O) groups is 1. The van der Waals surface area contributed by atoms with Crippen molar-refractivity contribution in [3.05, 3.63) is 78.4 Å². The van der Waals surface area contributed by atoms with E-state index >= 15 is 0 Å². The van der Waals surface area contributed by atoms with Gasteiger partial charge in [0.15, 0.2) is 11.5 Å². The Morgan fingerprint density at radius 3 is 2.55 bits per heavy atom. The van der Waals surface area contributed by atoms with E-state index < -0.39 is 5.41 Å². The van der Waals surface area contributed by atoms with Crippen LogP contribution in [0.1, 0.15) is 37.2 Å². The fraction of sp³-hybridized carbons (Fsp3) is 0.250. The maximum atomic E-state index is 13.0. The van der Waals surface area contributed by atoms with E-state index in [2.05, 4.69) is 20.4 Å². The van der Waals surface area contributed by atoms with E-state index in [1.807, 2.05) is 67.6 Å². The Labute approximate surface area is 180 Å². The zero-order valence-corrected chi connectivity index (χ0v) is 17.4. The van der Waals surface area contributed by atoms with Crippen molar-refractivity contribution >= 4 is 11.6 Å². The topological polar surface area (TPSA) is 81.4 Å². The molecule has 0 radical (unpaired) electrons. The molecular formula is C24H23N5O2. The van der Waals surface area contributed by atoms with Gasteiger partial charge in [0.25, 0.3) is 0 Å². The number of ether oxygens (including phenoxy) is 1. The maximum Gasteiger partial charge on any atom is 0.231 e. The number of hydrogen-bond acceptors (Lipinski definition) is 5. The van der Waals surface area contributed by atoms with Crippen LogP contribution >= 0.6 is 0 Å². The number of rotatable bonds is 6. The summed E-state index contributed by atoms with van der Waals surface area (Å²) in [4.78, 5) is 22.1. The van der Waals surface area contributed by atoms with Gasteiger partial charge in [-0.2, -0.15) is 0 Å². The van der Waals surface area contributed by atoms with Gasteiger partial charge in [0, 0.05) is 11.6 Å². The van der Waals surface area contributed by atoms with Crippen LogP contribution in [0.25, 0.3) is 16.9 Å². The van der Waals surface area contributed by atoms with Crippen LogP contribution < -0.4 is 10.1 Å². The van der Waals surface area contributed by atoms with Crippen molar-refractivity contribution in [1.82, 2.24) is 24.9 Å². The van der Waals surface area contributed by atoms with E-state index in [0.717, 1.165) is 35.4 Å². The average molecular weight is 413 g/mol. The molecule has 0 spiro atoms. The summed E-state index contributed by atoms with van der Waals surface area (Å²) >= 11 is 0. The second kappa shape index (κ2) is 7.50. The molecular weight excluding hydrogens is 390 g/mol. The van der Waals surface area contributed by atoms with Crippen LogP contribution in [-0.2, 0) is 10.2 Å². The van der Waals surface area contributed by atoms with Crippen molar-refractivity contribution in [1.29, 1.82) is 0 Å². The monoisotopic (exact) mass is 413 g/mol. The highest BCUT2D eigenvalue weighted by Gasteiger charge is 2.51. The molecule has 5 rings (SSSR count). The molecule has 1 fully saturated rings. The van der Waals surface area contributed by atoms with Gasteiger partial charge in [0.1, 0.15) is 12.1 Å². The molecule has 1 saturated carbocycles. The minimum Gasteiger partial charge on any atom is -0.497 e. The van der Waals surface area contributed by atoms with Gasteiger partial charge in [0.2, 0.25) is 5.91 Å². The SMILES string of the molecule is COc1ccc(-c2cc3nc([C@H](C)NC(=O)C4(c5ccccc5)CC4)nn3cn2)cc1. The highest BCUT2D eigenvalue weighted by atomic mass is 16.5. The van der Waals surface area contributed by atoms with Crippen LogP contribution in [0.4, 0.5) is 0 Å². The van der Waals surface area contributed by atoms with Gasteiger partial charge in [-0.15, -0.1) is 5.10 Å². The molecule has 1 atom stereocenters. The summed E-state index contributed by atoms with van der Waals surface area (Å²) in [7, 11) is 1.64. The quantitative estimate of drug-likeness (QED) is 0.521. The highest BCUT2D eigenvalue weighted by Crippen LogP contribution is 2.48. The zero-order chi connectivity index (χ0) is 21.4. The average Bonchev–Trinajstić information content (AvgIpc) is 3.52. The fourth-order valence-electron chi connectivity index (χ4n) is 3.84. The molecule has 1 aliphatic carbocycles. The van der Waals surface area contributed by atoms with Gasteiger partial charge in [-0.25, -0.2) is 14.5 Å². The molecule has 0 unspecified atom stereocenters. The Hall–Kier alpha value is -3.74. The first kappa shape index (κ1) is 19.2. The Kier molecular flexibility index (Phi) is 4.66. The third-order valence-electron chi connectivity index (χ3n) is 5.88. The molecule has 4 aromatic rings. The number of carbonyl (C=O) groups excluding carboxylic acids is 1. The minimum atomic E-state index is -0.419. The minimum absolute atomic E-state index is 0.0297. The standard InChI is InChI=1S/C24H23N5O2/c1-16(26-23(30)24(12-13-24)18-6-4-3-5-7-18)22-27-21-14-20(25-15-29(21)28-22)17-8-10-19(31-2)11-9-17/h3-11,14-16H,12-13H2,1-2H3,(H,26,30)/t16-/m0/s1. The van der Waals surface area contributed by atoms with Crippen LogP contribution in [0.15, 0.2) is 67.0 Å². The second-order valence-electron chi connectivity index (χ2n) is 7.92. The smallest absolute Gasteiger partial charge is 0.231 e. The second-order valence-corrected chi connectivity index (χ2v) is 7.92. The number of aromatic nitrogens is 4. The summed E-state index contributed by atoms with van der Waals surface area (Å²) < 4.78 is 6.85. The van der Waals surface area contributed by atoms with Crippen LogP contribution in [-0.4, -0.2) is 32.6 Å². The Morgan fingerprint density at radius 2 is 1.87 bits per heavy atom. The molecule has 156 valence electrons. The number of amides is 1. The van der Waals surface area contributed by atoms with Gasteiger partial charge >= 0.3 is 0 Å². The summed E-state index contributed by atoms with van der Waals surface area (Å²) in [6, 6.07) is 19.2. The van der Waals surface area contributed by atoms with Crippen LogP contribution in [0.5, 0.6) is 5.75 Å². The predicted octanol–water partition coefficient (Wildman–Crippen LogP) is 3.71. The summed E-state index contributed by atoms with van der Waals surface area (Å²) in [6.07, 6.45) is 3.37. The Bertz CT molecular complexity index is 1230. The lowest BCUT2D eigenvalue weighted by Gasteiger charge is -2.18. The van der Waals surface area contributed by atoms with Gasteiger partial charge in [-0.3, -0.25) is 4.79 Å². The lowest BCUT2D eigenvalue weighted by molar-refractivity contribution is -0.124. The molecule has 0 saturated heterocycles. The number of hydrogen-bond donors (Lipinski definition) is 1. The summed E-state index contributed by atoms with van der Waals surface area (Å²) in [5.74, 6) is 1.39. The van der Waals surface area contributed by atoms with E-state index in [1.165, 1.54) is 0 Å². The van der Waals surface area contributed by atoms with E-state index in [-0.39, 0.29) is 11.9 Å². The van der Waals surface area contributed by atoms with Crippen molar-refractivity contribution in [3.8, 4) is 17.0 Å². The van der Waals surface area contributed by atoms with E-state index in [9.17, 15) is 4.79 Å². The largest absolute Gasteiger partial charge is 0.497 e. The third kappa shape index (κ3) is 3.52. The molecule has 2 aromatic carbocycles. The highest BCUT2D eigenvalue weighted by molar-refractivity contribution is 5.91. The van der Waals surface area contributed by atoms with E-state index in [1.54, 1.807) is 18.0 Å². The molecule has 2 aromatic heterocycles. The molecule has 2 heterocycles. The molecule has 0 aliphatic heterocycles. The van der Waals surface area contributed by atoms with Gasteiger partial charge in [-0.1, -0.05) is 30.3 Å². The third-order valence-corrected chi connectivity index (χ3v) is 5.88. The van der Waals surface area contributed by atoms with Crippen molar-refractivity contribution in [2.45, 2.75) is 31.2 Å².